The number of fused-ring (bicyclic) bond motifs is 3. The van der Waals surface area contributed by atoms with Crippen LogP contribution in [0, 0.1) is 0 Å². The normalized spacial score (nSPS) is 12.8. The Kier molecular flexibility index (Phi) is 4.04. The van der Waals surface area contributed by atoms with Crippen LogP contribution in [-0.2, 0) is 0 Å². The van der Waals surface area contributed by atoms with Gasteiger partial charge in [-0.05, 0) is 28.7 Å². The fourth-order valence-electron chi connectivity index (χ4n) is 2.70. The van der Waals surface area contributed by atoms with Crippen molar-refractivity contribution in [2.75, 3.05) is 0 Å². The second-order valence-electron chi connectivity index (χ2n) is 4.14. The molecule has 0 atom stereocenters. The summed E-state index contributed by atoms with van der Waals surface area (Å²) in [6, 6.07) is 17.6. The van der Waals surface area contributed by atoms with E-state index in [0.29, 0.717) is 5.92 Å². The summed E-state index contributed by atoms with van der Waals surface area (Å²) < 4.78 is 0. The van der Waals surface area contributed by atoms with Crippen molar-refractivity contribution in [3.05, 3.63) is 59.7 Å². The van der Waals surface area contributed by atoms with Gasteiger partial charge in [-0.1, -0.05) is 55.5 Å². The van der Waals surface area contributed by atoms with E-state index in [1.807, 2.05) is 0 Å². The second kappa shape index (κ2) is 5.15. The summed E-state index contributed by atoms with van der Waals surface area (Å²) >= 11 is 0. The van der Waals surface area contributed by atoms with Crippen molar-refractivity contribution >= 4 is 51.4 Å². The first-order valence-corrected chi connectivity index (χ1v) is 5.60. The van der Waals surface area contributed by atoms with Gasteiger partial charge in [-0.15, -0.1) is 0 Å². The zero-order valence-electron chi connectivity index (χ0n) is 9.90. The van der Waals surface area contributed by atoms with Gasteiger partial charge < -0.3 is 0 Å². The summed E-state index contributed by atoms with van der Waals surface area (Å²) in [4.78, 5) is 0. The molecule has 1 aliphatic carbocycles. The summed E-state index contributed by atoms with van der Waals surface area (Å²) in [6.45, 7) is 2.27. The molecular formula is C15H14K. The quantitative estimate of drug-likeness (QED) is 0.657. The van der Waals surface area contributed by atoms with E-state index < -0.39 is 0 Å². The molecule has 0 amide bonds. The molecule has 0 aromatic heterocycles. The van der Waals surface area contributed by atoms with E-state index in [0.717, 1.165) is 0 Å². The Morgan fingerprint density at radius 2 is 1.25 bits per heavy atom. The van der Waals surface area contributed by atoms with E-state index in [-0.39, 0.29) is 51.4 Å². The minimum Gasteiger partial charge on any atom is -0.0645 e. The minimum absolute atomic E-state index is 0. The van der Waals surface area contributed by atoms with Crippen molar-refractivity contribution in [3.8, 4) is 11.1 Å². The van der Waals surface area contributed by atoms with Crippen LogP contribution in [0.1, 0.15) is 30.4 Å². The fraction of sp³-hybridized carbons (Fsp3) is 0.200. The Morgan fingerprint density at radius 1 is 0.812 bits per heavy atom. The summed E-state index contributed by atoms with van der Waals surface area (Å²) in [5, 5.41) is 0. The molecule has 0 nitrogen and oxygen atoms in total. The standard InChI is InChI=1S/C15H14.K/c1-2-11-12-7-3-5-9-14(12)15-10-6-4-8-13(11)15;/h3-11H,2H2,1H3;. The topological polar surface area (TPSA) is 0 Å². The summed E-state index contributed by atoms with van der Waals surface area (Å²) in [7, 11) is 0. The van der Waals surface area contributed by atoms with Gasteiger partial charge in [0.25, 0.3) is 0 Å². The van der Waals surface area contributed by atoms with Crippen molar-refractivity contribution in [2.45, 2.75) is 19.3 Å². The van der Waals surface area contributed by atoms with Crippen LogP contribution in [0.25, 0.3) is 11.1 Å². The van der Waals surface area contributed by atoms with Gasteiger partial charge in [0.15, 0.2) is 0 Å². The Labute approximate surface area is 140 Å². The number of rotatable bonds is 1. The molecule has 1 aliphatic rings. The molecule has 0 heterocycles. The molecule has 1 heteroatoms. The molecule has 2 aromatic carbocycles. The molecule has 0 N–H and O–H groups in total. The van der Waals surface area contributed by atoms with Crippen molar-refractivity contribution in [2.24, 2.45) is 0 Å². The Bertz CT molecular complexity index is 457. The number of hydrogen-bond acceptors (Lipinski definition) is 0. The van der Waals surface area contributed by atoms with Gasteiger partial charge in [-0.25, -0.2) is 0 Å². The van der Waals surface area contributed by atoms with Crippen LogP contribution in [0.2, 0.25) is 0 Å². The van der Waals surface area contributed by atoms with Crippen LogP contribution in [-0.4, -0.2) is 51.4 Å². The SMILES string of the molecule is CCC1c2ccccc2-c2ccccc21.[K]. The molecule has 0 aliphatic heterocycles. The molecule has 0 saturated heterocycles. The van der Waals surface area contributed by atoms with Crippen LogP contribution in [0.4, 0.5) is 0 Å². The Hall–Kier alpha value is 0.0764. The fourth-order valence-corrected chi connectivity index (χ4v) is 2.70. The van der Waals surface area contributed by atoms with Gasteiger partial charge in [0, 0.05) is 57.3 Å². The van der Waals surface area contributed by atoms with Gasteiger partial charge in [0.1, 0.15) is 0 Å². The minimum atomic E-state index is 0. The predicted octanol–water partition coefficient (Wildman–Crippen LogP) is 3.83. The maximum Gasteiger partial charge on any atom is 0.00990 e. The van der Waals surface area contributed by atoms with E-state index in [1.54, 1.807) is 0 Å². The molecular weight excluding hydrogens is 219 g/mol. The summed E-state index contributed by atoms with van der Waals surface area (Å²) in [5.41, 5.74) is 5.86. The van der Waals surface area contributed by atoms with Gasteiger partial charge in [-0.3, -0.25) is 0 Å². The molecule has 0 spiro atoms. The van der Waals surface area contributed by atoms with Crippen LogP contribution in [0.3, 0.4) is 0 Å². The van der Waals surface area contributed by atoms with Gasteiger partial charge in [0.2, 0.25) is 0 Å². The zero-order valence-corrected chi connectivity index (χ0v) is 13.0. The van der Waals surface area contributed by atoms with E-state index in [9.17, 15) is 0 Å². The first kappa shape index (κ1) is 12.5. The van der Waals surface area contributed by atoms with Crippen molar-refractivity contribution in [1.82, 2.24) is 0 Å². The first-order valence-electron chi connectivity index (χ1n) is 5.60. The smallest absolute Gasteiger partial charge is 0.00990 e. The predicted molar refractivity (Wildman–Crippen MR) is 69.8 cm³/mol. The second-order valence-corrected chi connectivity index (χ2v) is 4.14. The van der Waals surface area contributed by atoms with Gasteiger partial charge >= 0.3 is 0 Å². The molecule has 3 rings (SSSR count). The molecule has 2 aromatic rings. The summed E-state index contributed by atoms with van der Waals surface area (Å²) in [5.74, 6) is 0.609. The van der Waals surface area contributed by atoms with E-state index >= 15 is 0 Å². The molecule has 16 heavy (non-hydrogen) atoms. The monoisotopic (exact) mass is 233 g/mol. The Morgan fingerprint density at radius 3 is 1.69 bits per heavy atom. The van der Waals surface area contributed by atoms with Crippen LogP contribution in [0.5, 0.6) is 0 Å². The van der Waals surface area contributed by atoms with Crippen molar-refractivity contribution in [3.63, 3.8) is 0 Å². The average Bonchev–Trinajstić information content (AvgIpc) is 2.63. The molecule has 0 bridgehead atoms. The molecule has 0 fully saturated rings. The third kappa shape index (κ3) is 1.85. The van der Waals surface area contributed by atoms with Crippen LogP contribution in [0.15, 0.2) is 48.5 Å². The third-order valence-corrected chi connectivity index (χ3v) is 3.37. The van der Waals surface area contributed by atoms with E-state index in [4.69, 9.17) is 0 Å². The maximum absolute atomic E-state index is 2.27. The van der Waals surface area contributed by atoms with Gasteiger partial charge in [-0.2, -0.15) is 0 Å². The van der Waals surface area contributed by atoms with Crippen LogP contribution >= 0.6 is 0 Å². The Balaban J connectivity index is 0.000000963. The van der Waals surface area contributed by atoms with E-state index in [1.165, 1.54) is 28.7 Å². The molecule has 1 radical (unpaired) electrons. The molecule has 75 valence electrons. The number of hydrogen-bond donors (Lipinski definition) is 0. The molecule has 0 saturated carbocycles. The average molecular weight is 233 g/mol. The van der Waals surface area contributed by atoms with Crippen molar-refractivity contribution in [1.29, 1.82) is 0 Å². The third-order valence-electron chi connectivity index (χ3n) is 3.37. The van der Waals surface area contributed by atoms with Gasteiger partial charge in [0.05, 0.1) is 0 Å². The number of benzene rings is 2. The zero-order chi connectivity index (χ0) is 10.3. The van der Waals surface area contributed by atoms with Crippen LogP contribution < -0.4 is 0 Å². The van der Waals surface area contributed by atoms with E-state index in [2.05, 4.69) is 55.5 Å². The summed E-state index contributed by atoms with van der Waals surface area (Å²) in [6.07, 6.45) is 1.19. The first-order chi connectivity index (χ1) is 7.42. The largest absolute Gasteiger partial charge is 0.0645 e. The molecule has 0 unspecified atom stereocenters. The maximum atomic E-state index is 2.27. The van der Waals surface area contributed by atoms with Crippen molar-refractivity contribution < 1.29 is 0 Å².